The molecule has 0 saturated carbocycles. The second kappa shape index (κ2) is 10.2. The summed E-state index contributed by atoms with van der Waals surface area (Å²) >= 11 is 0. The van der Waals surface area contributed by atoms with Crippen LogP contribution in [0, 0.1) is 0 Å². The molecule has 0 unspecified atom stereocenters. The maximum Gasteiger partial charge on any atom is 0.300 e. The van der Waals surface area contributed by atoms with Crippen LogP contribution in [0.2, 0.25) is 0 Å². The molecule has 0 aromatic rings. The van der Waals surface area contributed by atoms with Gasteiger partial charge in [-0.25, -0.2) is 0 Å². The van der Waals surface area contributed by atoms with E-state index in [4.69, 9.17) is 9.90 Å². The summed E-state index contributed by atoms with van der Waals surface area (Å²) in [5, 5.41) is 10.3. The highest BCUT2D eigenvalue weighted by Gasteiger charge is 1.65. The molecule has 3 nitrogen and oxygen atoms in total. The summed E-state index contributed by atoms with van der Waals surface area (Å²) in [6.07, 6.45) is 1.82. The molecule has 0 radical (unpaired) electrons. The van der Waals surface area contributed by atoms with Crippen molar-refractivity contribution in [2.45, 2.75) is 6.92 Å². The summed E-state index contributed by atoms with van der Waals surface area (Å²) in [7, 11) is 1.89. The second-order valence-electron chi connectivity index (χ2n) is 1.37. The van der Waals surface area contributed by atoms with Gasteiger partial charge in [0.2, 0.25) is 0 Å². The molecular weight excluding hydrogens is 118 g/mol. The number of aliphatic carboxylic acids is 1. The van der Waals surface area contributed by atoms with Crippen molar-refractivity contribution < 1.29 is 9.90 Å². The first-order chi connectivity index (χ1) is 4.15. The maximum absolute atomic E-state index is 9.00. The molecular formula is C6H13NO2. The van der Waals surface area contributed by atoms with Gasteiger partial charge >= 0.3 is 0 Å². The molecule has 0 spiro atoms. The van der Waals surface area contributed by atoms with Crippen LogP contribution >= 0.6 is 0 Å². The lowest BCUT2D eigenvalue weighted by molar-refractivity contribution is -0.134. The SMILES string of the molecule is C=CCNC.CC(=O)O. The van der Waals surface area contributed by atoms with Crippen molar-refractivity contribution in [2.75, 3.05) is 13.6 Å². The highest BCUT2D eigenvalue weighted by molar-refractivity contribution is 5.62. The van der Waals surface area contributed by atoms with Crippen molar-refractivity contribution in [1.29, 1.82) is 0 Å². The fourth-order valence-corrected chi connectivity index (χ4v) is 0.144. The largest absolute Gasteiger partial charge is 0.481 e. The van der Waals surface area contributed by atoms with Gasteiger partial charge in [0, 0.05) is 13.5 Å². The Morgan fingerprint density at radius 1 is 1.89 bits per heavy atom. The number of rotatable bonds is 2. The predicted octanol–water partition coefficient (Wildman–Crippen LogP) is 0.483. The average Bonchev–Trinajstić information content (AvgIpc) is 1.66. The predicted molar refractivity (Wildman–Crippen MR) is 37.4 cm³/mol. The Kier molecular flexibility index (Phi) is 12.5. The van der Waals surface area contributed by atoms with Crippen LogP contribution in [-0.4, -0.2) is 24.7 Å². The zero-order valence-electron chi connectivity index (χ0n) is 5.85. The molecule has 9 heavy (non-hydrogen) atoms. The molecule has 0 heterocycles. The van der Waals surface area contributed by atoms with Gasteiger partial charge in [0.25, 0.3) is 5.97 Å². The third-order valence-electron chi connectivity index (χ3n) is 0.348. The summed E-state index contributed by atoms with van der Waals surface area (Å²) in [4.78, 5) is 9.00. The smallest absolute Gasteiger partial charge is 0.300 e. The molecule has 0 rings (SSSR count). The third-order valence-corrected chi connectivity index (χ3v) is 0.348. The molecule has 0 aliphatic rings. The van der Waals surface area contributed by atoms with Crippen molar-refractivity contribution >= 4 is 5.97 Å². The van der Waals surface area contributed by atoms with E-state index in [2.05, 4.69) is 11.9 Å². The van der Waals surface area contributed by atoms with Gasteiger partial charge in [0.05, 0.1) is 0 Å². The van der Waals surface area contributed by atoms with Gasteiger partial charge in [-0.15, -0.1) is 6.58 Å². The van der Waals surface area contributed by atoms with E-state index >= 15 is 0 Å². The molecule has 0 fully saturated rings. The zero-order chi connectivity index (χ0) is 7.70. The standard InChI is InChI=1S/C4H9N.C2H4O2/c1-3-4-5-2;1-2(3)4/h3,5H,1,4H2,2H3;1H3,(H,3,4). The summed E-state index contributed by atoms with van der Waals surface area (Å²) in [6, 6.07) is 0. The van der Waals surface area contributed by atoms with Crippen molar-refractivity contribution in [3.8, 4) is 0 Å². The minimum Gasteiger partial charge on any atom is -0.481 e. The Morgan fingerprint density at radius 3 is 2.22 bits per heavy atom. The highest BCUT2D eigenvalue weighted by atomic mass is 16.4. The van der Waals surface area contributed by atoms with E-state index in [-0.39, 0.29) is 0 Å². The van der Waals surface area contributed by atoms with E-state index in [1.165, 1.54) is 0 Å². The highest BCUT2D eigenvalue weighted by Crippen LogP contribution is 1.48. The number of carboxylic acid groups (broad SMARTS) is 1. The molecule has 0 saturated heterocycles. The van der Waals surface area contributed by atoms with Crippen LogP contribution in [0.25, 0.3) is 0 Å². The Balaban J connectivity index is 0. The molecule has 0 atom stereocenters. The quantitative estimate of drug-likeness (QED) is 0.536. The average molecular weight is 131 g/mol. The number of carboxylic acids is 1. The van der Waals surface area contributed by atoms with Crippen LogP contribution < -0.4 is 5.32 Å². The van der Waals surface area contributed by atoms with E-state index in [1.54, 1.807) is 0 Å². The van der Waals surface area contributed by atoms with E-state index in [0.717, 1.165) is 13.5 Å². The van der Waals surface area contributed by atoms with E-state index in [9.17, 15) is 0 Å². The summed E-state index contributed by atoms with van der Waals surface area (Å²) < 4.78 is 0. The number of hydrogen-bond acceptors (Lipinski definition) is 2. The van der Waals surface area contributed by atoms with Gasteiger partial charge in [-0.2, -0.15) is 0 Å². The molecule has 0 aliphatic heterocycles. The lowest BCUT2D eigenvalue weighted by Gasteiger charge is -1.79. The monoisotopic (exact) mass is 131 g/mol. The van der Waals surface area contributed by atoms with Crippen molar-refractivity contribution in [3.63, 3.8) is 0 Å². The Bertz CT molecular complexity index is 77.1. The Morgan fingerprint density at radius 2 is 2.22 bits per heavy atom. The first-order valence-corrected chi connectivity index (χ1v) is 2.60. The summed E-state index contributed by atoms with van der Waals surface area (Å²) in [6.45, 7) is 5.47. The topological polar surface area (TPSA) is 49.3 Å². The van der Waals surface area contributed by atoms with Crippen molar-refractivity contribution in [2.24, 2.45) is 0 Å². The maximum atomic E-state index is 9.00. The third kappa shape index (κ3) is 140. The van der Waals surface area contributed by atoms with Gasteiger partial charge in [-0.05, 0) is 7.05 Å². The van der Waals surface area contributed by atoms with Crippen molar-refractivity contribution in [3.05, 3.63) is 12.7 Å². The lowest BCUT2D eigenvalue weighted by atomic mass is 10.6. The lowest BCUT2D eigenvalue weighted by Crippen LogP contribution is -2.02. The van der Waals surface area contributed by atoms with E-state index in [1.807, 2.05) is 13.1 Å². The van der Waals surface area contributed by atoms with Gasteiger partial charge in [0.15, 0.2) is 0 Å². The zero-order valence-corrected chi connectivity index (χ0v) is 5.85. The van der Waals surface area contributed by atoms with Crippen LogP contribution in [0.3, 0.4) is 0 Å². The number of likely N-dealkylation sites (N-methyl/N-ethyl adjacent to an activating group) is 1. The Labute approximate surface area is 55.4 Å². The molecule has 54 valence electrons. The number of nitrogens with one attached hydrogen (secondary N) is 1. The van der Waals surface area contributed by atoms with Gasteiger partial charge in [-0.3, -0.25) is 4.79 Å². The fraction of sp³-hybridized carbons (Fsp3) is 0.500. The number of hydrogen-bond donors (Lipinski definition) is 2. The summed E-state index contributed by atoms with van der Waals surface area (Å²) in [5.74, 6) is -0.833. The molecule has 0 aliphatic carbocycles. The first kappa shape index (κ1) is 11.0. The van der Waals surface area contributed by atoms with Gasteiger partial charge in [0.1, 0.15) is 0 Å². The molecule has 2 N–H and O–H groups in total. The van der Waals surface area contributed by atoms with E-state index < -0.39 is 5.97 Å². The minimum absolute atomic E-state index is 0.833. The van der Waals surface area contributed by atoms with Crippen LogP contribution in [0.1, 0.15) is 6.92 Å². The van der Waals surface area contributed by atoms with Crippen LogP contribution in [0.5, 0.6) is 0 Å². The second-order valence-corrected chi connectivity index (χ2v) is 1.37. The minimum atomic E-state index is -0.833. The van der Waals surface area contributed by atoms with Crippen LogP contribution in [0.15, 0.2) is 12.7 Å². The molecule has 0 amide bonds. The van der Waals surface area contributed by atoms with Gasteiger partial charge in [-0.1, -0.05) is 6.08 Å². The molecule has 3 heteroatoms. The van der Waals surface area contributed by atoms with Crippen molar-refractivity contribution in [1.82, 2.24) is 5.32 Å². The Hall–Kier alpha value is -0.830. The van der Waals surface area contributed by atoms with Crippen LogP contribution in [-0.2, 0) is 4.79 Å². The van der Waals surface area contributed by atoms with Crippen LogP contribution in [0.4, 0.5) is 0 Å². The number of carbonyl (C=O) groups is 1. The van der Waals surface area contributed by atoms with Gasteiger partial charge < -0.3 is 10.4 Å². The first-order valence-electron chi connectivity index (χ1n) is 2.60. The summed E-state index contributed by atoms with van der Waals surface area (Å²) in [5.41, 5.74) is 0. The normalized spacial score (nSPS) is 6.89. The molecule has 0 aromatic heterocycles. The molecule has 0 bridgehead atoms. The van der Waals surface area contributed by atoms with E-state index in [0.29, 0.717) is 0 Å². The molecule has 0 aromatic carbocycles. The fourth-order valence-electron chi connectivity index (χ4n) is 0.144.